The molecular formula is C17H20N4O2. The Labute approximate surface area is 134 Å². The number of aromatic nitrogens is 1. The Morgan fingerprint density at radius 1 is 1.30 bits per heavy atom. The van der Waals surface area contributed by atoms with E-state index in [0.29, 0.717) is 6.42 Å². The third-order valence-electron chi connectivity index (χ3n) is 4.47. The Morgan fingerprint density at radius 2 is 2.09 bits per heavy atom. The van der Waals surface area contributed by atoms with Crippen LogP contribution >= 0.6 is 0 Å². The van der Waals surface area contributed by atoms with Crippen molar-refractivity contribution >= 4 is 29.1 Å². The summed E-state index contributed by atoms with van der Waals surface area (Å²) in [5.74, 6) is -0.324. The van der Waals surface area contributed by atoms with Crippen molar-refractivity contribution in [3.05, 3.63) is 35.5 Å². The van der Waals surface area contributed by atoms with Gasteiger partial charge in [0.25, 0.3) is 5.91 Å². The number of rotatable bonds is 4. The van der Waals surface area contributed by atoms with Crippen LogP contribution in [0.3, 0.4) is 0 Å². The van der Waals surface area contributed by atoms with Gasteiger partial charge >= 0.3 is 6.03 Å². The number of nitrogens with one attached hydrogen (secondary N) is 2. The molecule has 0 saturated carbocycles. The molecule has 2 heterocycles. The molecule has 3 rings (SSSR count). The van der Waals surface area contributed by atoms with Gasteiger partial charge in [0.2, 0.25) is 0 Å². The number of hydrogen-bond donors (Lipinski definition) is 2. The summed E-state index contributed by atoms with van der Waals surface area (Å²) in [5.41, 5.74) is 2.26. The summed E-state index contributed by atoms with van der Waals surface area (Å²) in [5, 5.41) is 8.72. The minimum Gasteiger partial charge on any atom is -0.360 e. The molecule has 0 spiro atoms. The van der Waals surface area contributed by atoms with Crippen molar-refractivity contribution in [2.24, 2.45) is 5.10 Å². The van der Waals surface area contributed by atoms with Crippen LogP contribution in [-0.2, 0) is 11.2 Å². The number of nitrogens with zero attached hydrogens (tertiary/aromatic N) is 2. The van der Waals surface area contributed by atoms with Gasteiger partial charge < -0.3 is 10.3 Å². The van der Waals surface area contributed by atoms with Crippen LogP contribution < -0.4 is 5.32 Å². The quantitative estimate of drug-likeness (QED) is 0.672. The van der Waals surface area contributed by atoms with Gasteiger partial charge in [-0.25, -0.2) is 4.79 Å². The molecule has 1 aliphatic rings. The summed E-state index contributed by atoms with van der Waals surface area (Å²) >= 11 is 0. The molecule has 2 N–H and O–H groups in total. The summed E-state index contributed by atoms with van der Waals surface area (Å²) in [6, 6.07) is 5.58. The number of hydrazone groups is 1. The number of benzene rings is 1. The number of urea groups is 1. The molecule has 2 aromatic rings. The Hall–Kier alpha value is -2.63. The number of amides is 3. The zero-order valence-electron chi connectivity index (χ0n) is 13.5. The highest BCUT2D eigenvalue weighted by molar-refractivity contribution is 6.08. The Morgan fingerprint density at radius 3 is 2.74 bits per heavy atom. The number of aryl methyl sites for hydroxylation is 1. The van der Waals surface area contributed by atoms with Crippen molar-refractivity contribution in [2.45, 2.75) is 39.2 Å². The van der Waals surface area contributed by atoms with Crippen LogP contribution in [-0.4, -0.2) is 33.7 Å². The smallest absolute Gasteiger partial charge is 0.346 e. The van der Waals surface area contributed by atoms with Crippen LogP contribution in [0.15, 0.2) is 29.5 Å². The minimum absolute atomic E-state index is 0.324. The number of carbonyl (C=O) groups excluding carboxylic acids is 2. The number of carbonyl (C=O) groups is 2. The summed E-state index contributed by atoms with van der Waals surface area (Å²) in [4.78, 5) is 27.5. The molecule has 6 nitrogen and oxygen atoms in total. The highest BCUT2D eigenvalue weighted by atomic mass is 16.2. The van der Waals surface area contributed by atoms with Crippen LogP contribution in [0.1, 0.15) is 38.3 Å². The maximum Gasteiger partial charge on any atom is 0.346 e. The summed E-state index contributed by atoms with van der Waals surface area (Å²) in [7, 11) is 0. The summed E-state index contributed by atoms with van der Waals surface area (Å²) in [6.07, 6.45) is 4.84. The maximum absolute atomic E-state index is 12.3. The van der Waals surface area contributed by atoms with Gasteiger partial charge in [0.05, 0.1) is 6.21 Å². The number of fused-ring (bicyclic) bond motifs is 1. The summed E-state index contributed by atoms with van der Waals surface area (Å²) < 4.78 is 0. The molecule has 23 heavy (non-hydrogen) atoms. The van der Waals surface area contributed by atoms with Crippen LogP contribution in [0, 0.1) is 0 Å². The average molecular weight is 312 g/mol. The van der Waals surface area contributed by atoms with E-state index >= 15 is 0 Å². The third kappa shape index (κ3) is 2.40. The van der Waals surface area contributed by atoms with Crippen molar-refractivity contribution in [3.63, 3.8) is 0 Å². The molecule has 3 amide bonds. The highest BCUT2D eigenvalue weighted by Crippen LogP contribution is 2.23. The Bertz CT molecular complexity index is 808. The van der Waals surface area contributed by atoms with Gasteiger partial charge in [0, 0.05) is 22.7 Å². The maximum atomic E-state index is 12.3. The first-order valence-electron chi connectivity index (χ1n) is 7.80. The molecule has 1 aromatic carbocycles. The minimum atomic E-state index is -0.871. The topological polar surface area (TPSA) is 77.6 Å². The van der Waals surface area contributed by atoms with Crippen molar-refractivity contribution in [3.8, 4) is 0 Å². The molecule has 0 radical (unpaired) electrons. The normalized spacial score (nSPS) is 21.6. The van der Waals surface area contributed by atoms with E-state index in [-0.39, 0.29) is 5.91 Å². The lowest BCUT2D eigenvalue weighted by molar-refractivity contribution is -0.130. The average Bonchev–Trinajstić information content (AvgIpc) is 3.06. The lowest BCUT2D eigenvalue weighted by Crippen LogP contribution is -2.42. The van der Waals surface area contributed by atoms with Gasteiger partial charge in [-0.05, 0) is 25.3 Å². The number of imide groups is 1. The van der Waals surface area contributed by atoms with E-state index in [4.69, 9.17) is 0 Å². The summed E-state index contributed by atoms with van der Waals surface area (Å²) in [6.45, 7) is 5.67. The fourth-order valence-corrected chi connectivity index (χ4v) is 2.77. The molecule has 0 aliphatic carbocycles. The molecule has 1 aliphatic heterocycles. The van der Waals surface area contributed by atoms with E-state index in [1.807, 2.05) is 25.3 Å². The SMILES string of the molecule is CCc1cccc2c(/C=N/N3C(=O)N[C@](C)(CC)C3=O)c[nH]c12. The van der Waals surface area contributed by atoms with E-state index in [9.17, 15) is 9.59 Å². The van der Waals surface area contributed by atoms with Crippen molar-refractivity contribution in [2.75, 3.05) is 0 Å². The second-order valence-corrected chi connectivity index (χ2v) is 5.91. The van der Waals surface area contributed by atoms with Crippen LogP contribution in [0.4, 0.5) is 4.79 Å². The standard InChI is InChI=1S/C17H20N4O2/c1-4-11-7-6-8-13-12(9-18-14(11)13)10-19-21-15(22)17(3,5-2)20-16(21)23/h6-10,18H,4-5H2,1-3H3,(H,20,23)/b19-10+/t17-/m1/s1. The molecular weight excluding hydrogens is 292 g/mol. The predicted molar refractivity (Wildman–Crippen MR) is 89.3 cm³/mol. The first-order chi connectivity index (χ1) is 11.0. The molecule has 6 heteroatoms. The number of H-pyrrole nitrogens is 1. The number of aromatic amines is 1. The molecule has 120 valence electrons. The predicted octanol–water partition coefficient (Wildman–Crippen LogP) is 2.78. The van der Waals surface area contributed by atoms with Crippen molar-refractivity contribution in [1.82, 2.24) is 15.3 Å². The second kappa shape index (κ2) is 5.53. The van der Waals surface area contributed by atoms with E-state index in [1.54, 1.807) is 13.1 Å². The van der Waals surface area contributed by atoms with Crippen LogP contribution in [0.2, 0.25) is 0 Å². The van der Waals surface area contributed by atoms with Gasteiger partial charge in [0.15, 0.2) is 0 Å². The third-order valence-corrected chi connectivity index (χ3v) is 4.47. The van der Waals surface area contributed by atoms with Gasteiger partial charge in [-0.3, -0.25) is 4.79 Å². The van der Waals surface area contributed by atoms with E-state index in [2.05, 4.69) is 28.4 Å². The lowest BCUT2D eigenvalue weighted by atomic mass is 10.00. The van der Waals surface area contributed by atoms with Gasteiger partial charge in [-0.15, -0.1) is 5.01 Å². The zero-order valence-corrected chi connectivity index (χ0v) is 13.5. The highest BCUT2D eigenvalue weighted by Gasteiger charge is 2.46. The van der Waals surface area contributed by atoms with E-state index in [1.165, 1.54) is 5.56 Å². The Kier molecular flexibility index (Phi) is 3.67. The first kappa shape index (κ1) is 15.3. The van der Waals surface area contributed by atoms with Gasteiger partial charge in [-0.1, -0.05) is 32.0 Å². The molecule has 1 fully saturated rings. The monoisotopic (exact) mass is 312 g/mol. The molecule has 1 saturated heterocycles. The number of para-hydroxylation sites is 1. The van der Waals surface area contributed by atoms with Crippen LogP contribution in [0.5, 0.6) is 0 Å². The molecule has 1 aromatic heterocycles. The lowest BCUT2D eigenvalue weighted by Gasteiger charge is -2.17. The fourth-order valence-electron chi connectivity index (χ4n) is 2.77. The molecule has 0 bridgehead atoms. The fraction of sp³-hybridized carbons (Fsp3) is 0.353. The van der Waals surface area contributed by atoms with Crippen LogP contribution in [0.25, 0.3) is 10.9 Å². The van der Waals surface area contributed by atoms with Crippen molar-refractivity contribution < 1.29 is 9.59 Å². The van der Waals surface area contributed by atoms with E-state index < -0.39 is 11.6 Å². The molecule has 0 unspecified atom stereocenters. The first-order valence-corrected chi connectivity index (χ1v) is 7.80. The second-order valence-electron chi connectivity index (χ2n) is 5.91. The zero-order chi connectivity index (χ0) is 16.6. The number of hydrogen-bond acceptors (Lipinski definition) is 3. The largest absolute Gasteiger partial charge is 0.360 e. The van der Waals surface area contributed by atoms with Gasteiger partial charge in [-0.2, -0.15) is 5.10 Å². The van der Waals surface area contributed by atoms with Gasteiger partial charge in [0.1, 0.15) is 5.54 Å². The Balaban J connectivity index is 1.92. The van der Waals surface area contributed by atoms with Crippen molar-refractivity contribution in [1.29, 1.82) is 0 Å². The molecule has 1 atom stereocenters. The van der Waals surface area contributed by atoms with E-state index in [0.717, 1.165) is 27.9 Å².